The molecular weight excluding hydrogens is 160 g/mol. The molecule has 0 bridgehead atoms. The fourth-order valence-corrected chi connectivity index (χ4v) is 0.850. The summed E-state index contributed by atoms with van der Waals surface area (Å²) in [5.41, 5.74) is 0.239. The zero-order valence-corrected chi connectivity index (χ0v) is 6.90. The Morgan fingerprint density at radius 1 is 1.50 bits per heavy atom. The molecule has 5 heteroatoms. The molecule has 1 rings (SSSR count). The minimum Gasteiger partial charge on any atom is -0.350 e. The number of hydrogen-bond donors (Lipinski definition) is 1. The number of nitrogens with one attached hydrogen (secondary N) is 1. The molecule has 0 unspecified atom stereocenters. The first-order valence-corrected chi connectivity index (χ1v) is 3.38. The quantitative estimate of drug-likeness (QED) is 0.651. The molecule has 5 nitrogen and oxygen atoms in total. The van der Waals surface area contributed by atoms with Crippen molar-refractivity contribution < 1.29 is 9.47 Å². The molecule has 0 aliphatic carbocycles. The molecule has 0 aliphatic heterocycles. The van der Waals surface area contributed by atoms with Gasteiger partial charge in [0.2, 0.25) is 6.29 Å². The third kappa shape index (κ3) is 1.90. The fourth-order valence-electron chi connectivity index (χ4n) is 0.850. The second kappa shape index (κ2) is 3.99. The number of nitrogens with zero attached hydrogens (tertiary/aromatic N) is 1. The van der Waals surface area contributed by atoms with Crippen molar-refractivity contribution in [2.24, 2.45) is 0 Å². The van der Waals surface area contributed by atoms with Gasteiger partial charge in [0.05, 0.1) is 6.33 Å². The van der Waals surface area contributed by atoms with Crippen LogP contribution < -0.4 is 5.56 Å². The summed E-state index contributed by atoms with van der Waals surface area (Å²) in [4.78, 5) is 17.1. The molecule has 12 heavy (non-hydrogen) atoms. The maximum absolute atomic E-state index is 10.8. The van der Waals surface area contributed by atoms with Gasteiger partial charge in [-0.1, -0.05) is 0 Å². The summed E-state index contributed by atoms with van der Waals surface area (Å²) in [5, 5.41) is 0. The first kappa shape index (κ1) is 8.89. The van der Waals surface area contributed by atoms with E-state index < -0.39 is 6.29 Å². The maximum Gasteiger partial charge on any atom is 0.251 e. The standard InChI is InChI=1S/C7H10N2O3/c1-11-7(12-2)5-3-6(10)9-4-8-5/h3-4,7H,1-2H3,(H,8,9,10). The smallest absolute Gasteiger partial charge is 0.251 e. The summed E-state index contributed by atoms with van der Waals surface area (Å²) < 4.78 is 9.81. The van der Waals surface area contributed by atoms with Gasteiger partial charge in [-0.3, -0.25) is 4.79 Å². The third-order valence-electron chi connectivity index (χ3n) is 1.37. The van der Waals surface area contributed by atoms with E-state index in [0.717, 1.165) is 0 Å². The van der Waals surface area contributed by atoms with E-state index >= 15 is 0 Å². The SMILES string of the molecule is COC(OC)c1cc(=O)[nH]cn1. The lowest BCUT2D eigenvalue weighted by Crippen LogP contribution is -2.12. The second-order valence-corrected chi connectivity index (χ2v) is 2.14. The van der Waals surface area contributed by atoms with Crippen molar-refractivity contribution in [2.75, 3.05) is 14.2 Å². The summed E-state index contributed by atoms with van der Waals surface area (Å²) in [5.74, 6) is 0. The minimum absolute atomic E-state index is 0.223. The molecule has 66 valence electrons. The molecule has 0 saturated heterocycles. The highest BCUT2D eigenvalue weighted by Crippen LogP contribution is 2.10. The summed E-state index contributed by atoms with van der Waals surface area (Å²) in [6.07, 6.45) is 0.732. The van der Waals surface area contributed by atoms with Crippen molar-refractivity contribution in [3.63, 3.8) is 0 Å². The van der Waals surface area contributed by atoms with Crippen LogP contribution in [-0.2, 0) is 9.47 Å². The van der Waals surface area contributed by atoms with Crippen LogP contribution in [0.2, 0.25) is 0 Å². The Labute approximate surface area is 69.4 Å². The number of methoxy groups -OCH3 is 2. The van der Waals surface area contributed by atoms with Crippen LogP contribution in [-0.4, -0.2) is 24.2 Å². The second-order valence-electron chi connectivity index (χ2n) is 2.14. The molecule has 1 N–H and O–H groups in total. The van der Waals surface area contributed by atoms with Crippen LogP contribution in [0.25, 0.3) is 0 Å². The average molecular weight is 170 g/mol. The summed E-state index contributed by atoms with van der Waals surface area (Å²) >= 11 is 0. The molecule has 0 aliphatic rings. The van der Waals surface area contributed by atoms with Crippen LogP contribution in [0.4, 0.5) is 0 Å². The summed E-state index contributed by atoms with van der Waals surface area (Å²) in [6, 6.07) is 1.33. The Morgan fingerprint density at radius 3 is 2.67 bits per heavy atom. The monoisotopic (exact) mass is 170 g/mol. The van der Waals surface area contributed by atoms with E-state index in [1.165, 1.54) is 26.6 Å². The molecule has 0 radical (unpaired) electrons. The van der Waals surface area contributed by atoms with Crippen molar-refractivity contribution in [1.82, 2.24) is 9.97 Å². The van der Waals surface area contributed by atoms with Crippen LogP contribution in [0.15, 0.2) is 17.2 Å². The van der Waals surface area contributed by atoms with Gasteiger partial charge in [-0.15, -0.1) is 0 Å². The van der Waals surface area contributed by atoms with Crippen LogP contribution in [0, 0.1) is 0 Å². The number of ether oxygens (including phenoxy) is 2. The number of hydrogen-bond acceptors (Lipinski definition) is 4. The Hall–Kier alpha value is -1.20. The molecule has 1 aromatic rings. The van der Waals surface area contributed by atoms with Crippen molar-refractivity contribution in [2.45, 2.75) is 6.29 Å². The van der Waals surface area contributed by atoms with Crippen molar-refractivity contribution in [3.05, 3.63) is 28.4 Å². The van der Waals surface area contributed by atoms with Gasteiger partial charge in [0.25, 0.3) is 5.56 Å². The summed E-state index contributed by atoms with van der Waals surface area (Å²) in [7, 11) is 2.97. The van der Waals surface area contributed by atoms with Crippen LogP contribution in [0.1, 0.15) is 12.0 Å². The topological polar surface area (TPSA) is 64.2 Å². The highest BCUT2D eigenvalue weighted by molar-refractivity contribution is 4.99. The van der Waals surface area contributed by atoms with Crippen molar-refractivity contribution in [1.29, 1.82) is 0 Å². The highest BCUT2D eigenvalue weighted by atomic mass is 16.7. The lowest BCUT2D eigenvalue weighted by Gasteiger charge is -2.10. The van der Waals surface area contributed by atoms with Gasteiger partial charge in [-0.2, -0.15) is 0 Å². The predicted octanol–water partition coefficient (Wildman–Crippen LogP) is 0.0613. The number of H-pyrrole nitrogens is 1. The highest BCUT2D eigenvalue weighted by Gasteiger charge is 2.09. The van der Waals surface area contributed by atoms with Gasteiger partial charge in [0.15, 0.2) is 0 Å². The van der Waals surface area contributed by atoms with E-state index in [4.69, 9.17) is 9.47 Å². The van der Waals surface area contributed by atoms with Crippen molar-refractivity contribution >= 4 is 0 Å². The van der Waals surface area contributed by atoms with E-state index in [1.807, 2.05) is 0 Å². The van der Waals surface area contributed by atoms with Crippen LogP contribution in [0.3, 0.4) is 0 Å². The average Bonchev–Trinajstić information content (AvgIpc) is 2.07. The summed E-state index contributed by atoms with van der Waals surface area (Å²) in [6.45, 7) is 0. The molecular formula is C7H10N2O3. The fraction of sp³-hybridized carbons (Fsp3) is 0.429. The molecule has 1 aromatic heterocycles. The van der Waals surface area contributed by atoms with Gasteiger partial charge in [-0.25, -0.2) is 4.98 Å². The molecule has 1 heterocycles. The lowest BCUT2D eigenvalue weighted by atomic mass is 10.4. The first-order valence-electron chi connectivity index (χ1n) is 3.38. The van der Waals surface area contributed by atoms with Crippen LogP contribution >= 0.6 is 0 Å². The normalized spacial score (nSPS) is 10.6. The number of aromatic amines is 1. The predicted molar refractivity (Wildman–Crippen MR) is 41.6 cm³/mol. The maximum atomic E-state index is 10.8. The Bertz CT molecular complexity index is 293. The zero-order chi connectivity index (χ0) is 8.97. The van der Waals surface area contributed by atoms with E-state index in [2.05, 4.69) is 9.97 Å². The van der Waals surface area contributed by atoms with Gasteiger partial charge < -0.3 is 14.5 Å². The third-order valence-corrected chi connectivity index (χ3v) is 1.37. The minimum atomic E-state index is -0.577. The zero-order valence-electron chi connectivity index (χ0n) is 6.90. The van der Waals surface area contributed by atoms with Gasteiger partial charge >= 0.3 is 0 Å². The molecule has 0 spiro atoms. The van der Waals surface area contributed by atoms with Crippen LogP contribution in [0.5, 0.6) is 0 Å². The molecule has 0 amide bonds. The largest absolute Gasteiger partial charge is 0.350 e. The molecule has 0 aromatic carbocycles. The molecule has 0 saturated carbocycles. The van der Waals surface area contributed by atoms with E-state index in [0.29, 0.717) is 5.69 Å². The van der Waals surface area contributed by atoms with Gasteiger partial charge in [0.1, 0.15) is 5.69 Å². The Balaban J connectivity index is 2.93. The van der Waals surface area contributed by atoms with E-state index in [1.54, 1.807) is 0 Å². The molecule has 0 fully saturated rings. The van der Waals surface area contributed by atoms with Gasteiger partial charge in [0, 0.05) is 20.3 Å². The lowest BCUT2D eigenvalue weighted by molar-refractivity contribution is -0.108. The number of rotatable bonds is 3. The Morgan fingerprint density at radius 2 is 2.17 bits per heavy atom. The first-order chi connectivity index (χ1) is 5.77. The van der Waals surface area contributed by atoms with E-state index in [-0.39, 0.29) is 5.56 Å². The molecule has 0 atom stereocenters. The number of aromatic nitrogens is 2. The van der Waals surface area contributed by atoms with E-state index in [9.17, 15) is 4.79 Å². The Kier molecular flexibility index (Phi) is 2.95. The van der Waals surface area contributed by atoms with Crippen molar-refractivity contribution in [3.8, 4) is 0 Å². The van der Waals surface area contributed by atoms with Gasteiger partial charge in [-0.05, 0) is 0 Å².